The average molecular weight is 192 g/mol. The standard InChI is InChI=1S/C11H16N2O/c1-8-7-10(9(2)12-8)11(14)13-5-3-4-6-13/h7,12H,3-6H2,1-2H3. The summed E-state index contributed by atoms with van der Waals surface area (Å²) in [5.74, 6) is 0.185. The molecular formula is C11H16N2O. The van der Waals surface area contributed by atoms with Crippen LogP contribution in [-0.4, -0.2) is 28.9 Å². The summed E-state index contributed by atoms with van der Waals surface area (Å²) < 4.78 is 0. The van der Waals surface area contributed by atoms with Crippen molar-refractivity contribution in [3.63, 3.8) is 0 Å². The molecule has 1 N–H and O–H groups in total. The first-order valence-corrected chi connectivity index (χ1v) is 5.14. The van der Waals surface area contributed by atoms with Gasteiger partial charge in [-0.3, -0.25) is 4.79 Å². The van der Waals surface area contributed by atoms with Gasteiger partial charge in [0.2, 0.25) is 0 Å². The summed E-state index contributed by atoms with van der Waals surface area (Å²) in [4.78, 5) is 17.1. The predicted octanol–water partition coefficient (Wildman–Crippen LogP) is 1.87. The largest absolute Gasteiger partial charge is 0.362 e. The maximum Gasteiger partial charge on any atom is 0.255 e. The second-order valence-electron chi connectivity index (χ2n) is 3.99. The molecule has 14 heavy (non-hydrogen) atoms. The molecule has 2 heterocycles. The molecule has 0 spiro atoms. The molecule has 0 aliphatic carbocycles. The third-order valence-corrected chi connectivity index (χ3v) is 2.77. The van der Waals surface area contributed by atoms with Gasteiger partial charge in [0.1, 0.15) is 0 Å². The summed E-state index contributed by atoms with van der Waals surface area (Å²) in [5, 5.41) is 0. The first-order chi connectivity index (χ1) is 6.68. The number of likely N-dealkylation sites (tertiary alicyclic amines) is 1. The Bertz CT molecular complexity index is 348. The van der Waals surface area contributed by atoms with Crippen LogP contribution in [0.5, 0.6) is 0 Å². The molecule has 1 aliphatic rings. The van der Waals surface area contributed by atoms with Crippen LogP contribution in [0.3, 0.4) is 0 Å². The van der Waals surface area contributed by atoms with E-state index in [0.717, 1.165) is 42.9 Å². The Labute approximate surface area is 84.1 Å². The monoisotopic (exact) mass is 192 g/mol. The fourth-order valence-electron chi connectivity index (χ4n) is 2.04. The van der Waals surface area contributed by atoms with Gasteiger partial charge in [0, 0.05) is 24.5 Å². The number of aromatic nitrogens is 1. The molecule has 1 saturated heterocycles. The van der Waals surface area contributed by atoms with Crippen molar-refractivity contribution in [3.8, 4) is 0 Å². The second-order valence-corrected chi connectivity index (χ2v) is 3.99. The number of carbonyl (C=O) groups is 1. The van der Waals surface area contributed by atoms with Gasteiger partial charge in [-0.25, -0.2) is 0 Å². The third-order valence-electron chi connectivity index (χ3n) is 2.77. The molecule has 1 aromatic rings. The molecule has 1 fully saturated rings. The van der Waals surface area contributed by atoms with Gasteiger partial charge in [-0.05, 0) is 32.8 Å². The lowest BCUT2D eigenvalue weighted by atomic mass is 10.2. The Kier molecular flexibility index (Phi) is 2.32. The van der Waals surface area contributed by atoms with E-state index in [1.807, 2.05) is 24.8 Å². The molecule has 0 aromatic carbocycles. The summed E-state index contributed by atoms with van der Waals surface area (Å²) in [7, 11) is 0. The fraction of sp³-hybridized carbons (Fsp3) is 0.545. The maximum absolute atomic E-state index is 12.0. The highest BCUT2D eigenvalue weighted by molar-refractivity contribution is 5.95. The molecule has 0 atom stereocenters. The normalized spacial score (nSPS) is 16.3. The minimum Gasteiger partial charge on any atom is -0.362 e. The number of amides is 1. The Morgan fingerprint density at radius 1 is 1.36 bits per heavy atom. The molecule has 76 valence electrons. The summed E-state index contributed by atoms with van der Waals surface area (Å²) in [6.07, 6.45) is 2.29. The fourth-order valence-corrected chi connectivity index (χ4v) is 2.04. The van der Waals surface area contributed by atoms with Crippen molar-refractivity contribution < 1.29 is 4.79 Å². The number of hydrogen-bond donors (Lipinski definition) is 1. The number of rotatable bonds is 1. The summed E-state index contributed by atoms with van der Waals surface area (Å²) in [6.45, 7) is 5.77. The lowest BCUT2D eigenvalue weighted by Gasteiger charge is -2.14. The number of hydrogen-bond acceptors (Lipinski definition) is 1. The Morgan fingerprint density at radius 3 is 2.50 bits per heavy atom. The van der Waals surface area contributed by atoms with Crippen LogP contribution in [-0.2, 0) is 0 Å². The van der Waals surface area contributed by atoms with Crippen molar-refractivity contribution >= 4 is 5.91 Å². The van der Waals surface area contributed by atoms with Gasteiger partial charge in [0.05, 0.1) is 5.56 Å². The second kappa shape index (κ2) is 3.48. The molecular weight excluding hydrogens is 176 g/mol. The van der Waals surface area contributed by atoms with E-state index >= 15 is 0 Å². The number of aryl methyl sites for hydroxylation is 2. The molecule has 0 saturated carbocycles. The predicted molar refractivity (Wildman–Crippen MR) is 55.4 cm³/mol. The molecule has 1 amide bonds. The minimum absolute atomic E-state index is 0.185. The molecule has 0 bridgehead atoms. The lowest BCUT2D eigenvalue weighted by Crippen LogP contribution is -2.27. The highest BCUT2D eigenvalue weighted by Gasteiger charge is 2.21. The zero-order valence-electron chi connectivity index (χ0n) is 8.76. The molecule has 3 nitrogen and oxygen atoms in total. The molecule has 2 rings (SSSR count). The van der Waals surface area contributed by atoms with Crippen LogP contribution in [0, 0.1) is 13.8 Å². The molecule has 1 aromatic heterocycles. The van der Waals surface area contributed by atoms with Gasteiger partial charge in [-0.2, -0.15) is 0 Å². The van der Waals surface area contributed by atoms with Crippen LogP contribution in [0.15, 0.2) is 6.07 Å². The highest BCUT2D eigenvalue weighted by Crippen LogP contribution is 2.16. The number of aromatic amines is 1. The van der Waals surface area contributed by atoms with Crippen molar-refractivity contribution in [2.45, 2.75) is 26.7 Å². The minimum atomic E-state index is 0.185. The topological polar surface area (TPSA) is 36.1 Å². The smallest absolute Gasteiger partial charge is 0.255 e. The van der Waals surface area contributed by atoms with Gasteiger partial charge in [-0.15, -0.1) is 0 Å². The Balaban J connectivity index is 2.21. The third kappa shape index (κ3) is 1.54. The van der Waals surface area contributed by atoms with E-state index in [0.29, 0.717) is 0 Å². The number of nitrogens with one attached hydrogen (secondary N) is 1. The van der Waals surface area contributed by atoms with Gasteiger partial charge < -0.3 is 9.88 Å². The maximum atomic E-state index is 12.0. The van der Waals surface area contributed by atoms with Crippen LogP contribution in [0.1, 0.15) is 34.6 Å². The van der Waals surface area contributed by atoms with E-state index in [-0.39, 0.29) is 5.91 Å². The number of nitrogens with zero attached hydrogens (tertiary/aromatic N) is 1. The van der Waals surface area contributed by atoms with Gasteiger partial charge >= 0.3 is 0 Å². The lowest BCUT2D eigenvalue weighted by molar-refractivity contribution is 0.0792. The van der Waals surface area contributed by atoms with Crippen molar-refractivity contribution in [3.05, 3.63) is 23.0 Å². The summed E-state index contributed by atoms with van der Waals surface area (Å²) >= 11 is 0. The number of carbonyl (C=O) groups excluding carboxylic acids is 1. The van der Waals surface area contributed by atoms with Gasteiger partial charge in [0.25, 0.3) is 5.91 Å². The van der Waals surface area contributed by atoms with Crippen LogP contribution < -0.4 is 0 Å². The molecule has 1 aliphatic heterocycles. The molecule has 0 radical (unpaired) electrons. The summed E-state index contributed by atoms with van der Waals surface area (Å²) in [6, 6.07) is 1.94. The zero-order chi connectivity index (χ0) is 10.1. The van der Waals surface area contributed by atoms with E-state index < -0.39 is 0 Å². The van der Waals surface area contributed by atoms with Gasteiger partial charge in [-0.1, -0.05) is 0 Å². The Morgan fingerprint density at radius 2 is 2.00 bits per heavy atom. The van der Waals surface area contributed by atoms with E-state index in [4.69, 9.17) is 0 Å². The van der Waals surface area contributed by atoms with Crippen molar-refractivity contribution in [2.75, 3.05) is 13.1 Å². The SMILES string of the molecule is Cc1cc(C(=O)N2CCCC2)c(C)[nH]1. The van der Waals surface area contributed by atoms with E-state index in [1.54, 1.807) is 0 Å². The Hall–Kier alpha value is -1.25. The van der Waals surface area contributed by atoms with Crippen molar-refractivity contribution in [1.29, 1.82) is 0 Å². The first-order valence-electron chi connectivity index (χ1n) is 5.14. The van der Waals surface area contributed by atoms with Crippen molar-refractivity contribution in [1.82, 2.24) is 9.88 Å². The number of H-pyrrole nitrogens is 1. The van der Waals surface area contributed by atoms with E-state index in [9.17, 15) is 4.79 Å². The first kappa shape index (κ1) is 9.31. The van der Waals surface area contributed by atoms with Crippen LogP contribution >= 0.6 is 0 Å². The van der Waals surface area contributed by atoms with Crippen LogP contribution in [0.2, 0.25) is 0 Å². The zero-order valence-corrected chi connectivity index (χ0v) is 8.76. The van der Waals surface area contributed by atoms with E-state index in [1.165, 1.54) is 0 Å². The highest BCUT2D eigenvalue weighted by atomic mass is 16.2. The van der Waals surface area contributed by atoms with Crippen molar-refractivity contribution in [2.24, 2.45) is 0 Å². The summed E-state index contributed by atoms with van der Waals surface area (Å²) in [5.41, 5.74) is 2.88. The average Bonchev–Trinajstić information content (AvgIpc) is 2.73. The van der Waals surface area contributed by atoms with Crippen LogP contribution in [0.25, 0.3) is 0 Å². The quantitative estimate of drug-likeness (QED) is 0.724. The molecule has 3 heteroatoms. The van der Waals surface area contributed by atoms with Crippen LogP contribution in [0.4, 0.5) is 0 Å². The van der Waals surface area contributed by atoms with Gasteiger partial charge in [0.15, 0.2) is 0 Å². The van der Waals surface area contributed by atoms with E-state index in [2.05, 4.69) is 4.98 Å². The molecule has 0 unspecified atom stereocenters.